The molecule has 1 fully saturated rings. The average Bonchev–Trinajstić information content (AvgIpc) is 3.09. The van der Waals surface area contributed by atoms with E-state index in [0.717, 1.165) is 23.5 Å². The van der Waals surface area contributed by atoms with Gasteiger partial charge in [0.15, 0.2) is 0 Å². The number of carbonyl (C=O) groups is 1. The third-order valence-electron chi connectivity index (χ3n) is 2.76. The zero-order chi connectivity index (χ0) is 12.3. The van der Waals surface area contributed by atoms with E-state index in [0.29, 0.717) is 6.04 Å². The molecule has 0 aromatic heterocycles. The number of hydrogen-bond donors (Lipinski definition) is 2. The number of rotatable bonds is 5. The van der Waals surface area contributed by atoms with Crippen LogP contribution >= 0.6 is 0 Å². The molecule has 2 N–H and O–H groups in total. The molecular formula is C13H18N2O2. The summed E-state index contributed by atoms with van der Waals surface area (Å²) >= 11 is 0. The van der Waals surface area contributed by atoms with Gasteiger partial charge < -0.3 is 15.4 Å². The molecule has 17 heavy (non-hydrogen) atoms. The molecule has 92 valence electrons. The smallest absolute Gasteiger partial charge is 0.221 e. The Morgan fingerprint density at radius 2 is 2.24 bits per heavy atom. The van der Waals surface area contributed by atoms with Gasteiger partial charge in [0.2, 0.25) is 5.91 Å². The van der Waals surface area contributed by atoms with Gasteiger partial charge in [0.25, 0.3) is 0 Å². The van der Waals surface area contributed by atoms with Gasteiger partial charge in [-0.2, -0.15) is 0 Å². The van der Waals surface area contributed by atoms with Crippen molar-refractivity contribution in [1.82, 2.24) is 5.32 Å². The summed E-state index contributed by atoms with van der Waals surface area (Å²) in [7, 11) is 1.66. The number of ether oxygens (including phenoxy) is 1. The minimum Gasteiger partial charge on any atom is -0.496 e. The first-order valence-corrected chi connectivity index (χ1v) is 5.87. The lowest BCUT2D eigenvalue weighted by molar-refractivity contribution is -0.114. The van der Waals surface area contributed by atoms with Crippen molar-refractivity contribution in [2.45, 2.75) is 32.4 Å². The Balaban J connectivity index is 2.09. The van der Waals surface area contributed by atoms with Crippen LogP contribution in [0.2, 0.25) is 0 Å². The Bertz CT molecular complexity index is 414. The third kappa shape index (κ3) is 3.46. The molecule has 0 saturated heterocycles. The summed E-state index contributed by atoms with van der Waals surface area (Å²) in [6, 6.07) is 6.34. The highest BCUT2D eigenvalue weighted by Gasteiger charge is 2.20. The van der Waals surface area contributed by atoms with Crippen LogP contribution in [0.1, 0.15) is 25.3 Å². The van der Waals surface area contributed by atoms with Crippen molar-refractivity contribution in [3.63, 3.8) is 0 Å². The van der Waals surface area contributed by atoms with Crippen molar-refractivity contribution in [2.24, 2.45) is 0 Å². The van der Waals surface area contributed by atoms with E-state index in [1.807, 2.05) is 18.2 Å². The van der Waals surface area contributed by atoms with Crippen LogP contribution in [0.3, 0.4) is 0 Å². The summed E-state index contributed by atoms with van der Waals surface area (Å²) < 4.78 is 5.31. The number of carbonyl (C=O) groups excluding carboxylic acids is 1. The van der Waals surface area contributed by atoms with Gasteiger partial charge in [0, 0.05) is 30.8 Å². The predicted octanol–water partition coefficient (Wildman–Crippen LogP) is 1.91. The SMILES string of the molecule is COc1ccc(NC(C)=O)cc1CNC1CC1. The second-order valence-electron chi connectivity index (χ2n) is 4.36. The van der Waals surface area contributed by atoms with Gasteiger partial charge in [-0.1, -0.05) is 0 Å². The zero-order valence-corrected chi connectivity index (χ0v) is 10.2. The van der Waals surface area contributed by atoms with Crippen LogP contribution in [-0.4, -0.2) is 19.1 Å². The molecule has 1 amide bonds. The Kier molecular flexibility index (Phi) is 3.64. The zero-order valence-electron chi connectivity index (χ0n) is 10.2. The van der Waals surface area contributed by atoms with E-state index in [9.17, 15) is 4.79 Å². The molecule has 0 aliphatic heterocycles. The molecule has 0 atom stereocenters. The fourth-order valence-electron chi connectivity index (χ4n) is 1.74. The largest absolute Gasteiger partial charge is 0.496 e. The first-order valence-electron chi connectivity index (χ1n) is 5.87. The minimum atomic E-state index is -0.0590. The number of anilines is 1. The van der Waals surface area contributed by atoms with Crippen molar-refractivity contribution < 1.29 is 9.53 Å². The second-order valence-corrected chi connectivity index (χ2v) is 4.36. The van der Waals surface area contributed by atoms with E-state index >= 15 is 0 Å². The highest BCUT2D eigenvalue weighted by Crippen LogP contribution is 2.25. The van der Waals surface area contributed by atoms with Crippen LogP contribution in [0.15, 0.2) is 18.2 Å². The molecule has 1 saturated carbocycles. The second kappa shape index (κ2) is 5.19. The van der Waals surface area contributed by atoms with Crippen molar-refractivity contribution in [2.75, 3.05) is 12.4 Å². The molecule has 0 radical (unpaired) electrons. The number of methoxy groups -OCH3 is 1. The van der Waals surface area contributed by atoms with Crippen LogP contribution in [-0.2, 0) is 11.3 Å². The van der Waals surface area contributed by atoms with Gasteiger partial charge in [-0.05, 0) is 31.0 Å². The lowest BCUT2D eigenvalue weighted by Gasteiger charge is -2.11. The molecule has 0 heterocycles. The topological polar surface area (TPSA) is 50.4 Å². The molecule has 2 rings (SSSR count). The van der Waals surface area contributed by atoms with Crippen molar-refractivity contribution in [3.8, 4) is 5.75 Å². The normalized spacial score (nSPS) is 14.5. The highest BCUT2D eigenvalue weighted by molar-refractivity contribution is 5.88. The van der Waals surface area contributed by atoms with Crippen molar-refractivity contribution in [1.29, 1.82) is 0 Å². The number of nitrogens with one attached hydrogen (secondary N) is 2. The molecule has 0 unspecified atom stereocenters. The number of benzene rings is 1. The summed E-state index contributed by atoms with van der Waals surface area (Å²) in [5, 5.41) is 6.21. The molecule has 1 aromatic rings. The fourth-order valence-corrected chi connectivity index (χ4v) is 1.74. The van der Waals surface area contributed by atoms with Crippen LogP contribution in [0, 0.1) is 0 Å². The van der Waals surface area contributed by atoms with Gasteiger partial charge in [0.05, 0.1) is 7.11 Å². The first kappa shape index (κ1) is 11.9. The van der Waals surface area contributed by atoms with Crippen LogP contribution in [0.4, 0.5) is 5.69 Å². The first-order chi connectivity index (χ1) is 8.19. The van der Waals surface area contributed by atoms with Gasteiger partial charge in [-0.15, -0.1) is 0 Å². The maximum atomic E-state index is 11.0. The Hall–Kier alpha value is -1.55. The molecule has 4 heteroatoms. The maximum Gasteiger partial charge on any atom is 0.221 e. The quantitative estimate of drug-likeness (QED) is 0.818. The van der Waals surface area contributed by atoms with Gasteiger partial charge in [0.1, 0.15) is 5.75 Å². The van der Waals surface area contributed by atoms with Crippen molar-refractivity contribution in [3.05, 3.63) is 23.8 Å². The lowest BCUT2D eigenvalue weighted by atomic mass is 10.1. The standard InChI is InChI=1S/C13H18N2O2/c1-9(16)15-12-5-6-13(17-2)10(7-12)8-14-11-3-4-11/h5-7,11,14H,3-4,8H2,1-2H3,(H,15,16). The highest BCUT2D eigenvalue weighted by atomic mass is 16.5. The van der Waals surface area contributed by atoms with Gasteiger partial charge in [-0.3, -0.25) is 4.79 Å². The van der Waals surface area contributed by atoms with E-state index in [-0.39, 0.29) is 5.91 Å². The summed E-state index contributed by atoms with van der Waals surface area (Å²) in [4.78, 5) is 11.0. The van der Waals surface area contributed by atoms with E-state index < -0.39 is 0 Å². The van der Waals surface area contributed by atoms with E-state index in [4.69, 9.17) is 4.74 Å². The average molecular weight is 234 g/mol. The maximum absolute atomic E-state index is 11.0. The molecule has 0 spiro atoms. The monoisotopic (exact) mass is 234 g/mol. The minimum absolute atomic E-state index is 0.0590. The van der Waals surface area contributed by atoms with E-state index in [1.165, 1.54) is 19.8 Å². The van der Waals surface area contributed by atoms with Crippen LogP contribution < -0.4 is 15.4 Å². The molecule has 0 bridgehead atoms. The van der Waals surface area contributed by atoms with Crippen molar-refractivity contribution >= 4 is 11.6 Å². The molecule has 1 aliphatic rings. The molecule has 1 aromatic carbocycles. The molecule has 1 aliphatic carbocycles. The summed E-state index contributed by atoms with van der Waals surface area (Å²) in [6.07, 6.45) is 2.52. The number of hydrogen-bond acceptors (Lipinski definition) is 3. The Morgan fingerprint density at radius 3 is 2.82 bits per heavy atom. The Morgan fingerprint density at radius 1 is 1.47 bits per heavy atom. The summed E-state index contributed by atoms with van der Waals surface area (Å²) in [5.41, 5.74) is 1.89. The summed E-state index contributed by atoms with van der Waals surface area (Å²) in [5.74, 6) is 0.795. The van der Waals surface area contributed by atoms with Gasteiger partial charge in [-0.25, -0.2) is 0 Å². The van der Waals surface area contributed by atoms with Crippen LogP contribution in [0.25, 0.3) is 0 Å². The number of amides is 1. The Labute approximate surface area is 101 Å². The van der Waals surface area contributed by atoms with Gasteiger partial charge >= 0.3 is 0 Å². The van der Waals surface area contributed by atoms with E-state index in [2.05, 4.69) is 10.6 Å². The third-order valence-corrected chi connectivity index (χ3v) is 2.76. The molecular weight excluding hydrogens is 216 g/mol. The predicted molar refractivity (Wildman–Crippen MR) is 67.2 cm³/mol. The summed E-state index contributed by atoms with van der Waals surface area (Å²) in [6.45, 7) is 2.29. The lowest BCUT2D eigenvalue weighted by Crippen LogP contribution is -2.16. The fraction of sp³-hybridized carbons (Fsp3) is 0.462. The van der Waals surface area contributed by atoms with E-state index in [1.54, 1.807) is 7.11 Å². The molecule has 4 nitrogen and oxygen atoms in total. The van der Waals surface area contributed by atoms with Crippen LogP contribution in [0.5, 0.6) is 5.75 Å².